The molecule has 0 aliphatic heterocycles. The van der Waals surface area contributed by atoms with Crippen LogP contribution in [0.25, 0.3) is 16.9 Å². The summed E-state index contributed by atoms with van der Waals surface area (Å²) in [6.45, 7) is 7.06. The molecule has 0 atom stereocenters. The molecule has 0 aliphatic rings. The third kappa shape index (κ3) is 5.83. The summed E-state index contributed by atoms with van der Waals surface area (Å²) in [4.78, 5) is 12.9. The van der Waals surface area contributed by atoms with Crippen molar-refractivity contribution in [3.05, 3.63) is 120 Å². The van der Waals surface area contributed by atoms with Crippen LogP contribution >= 0.6 is 0 Å². The van der Waals surface area contributed by atoms with Crippen LogP contribution in [0, 0.1) is 0 Å². The lowest BCUT2D eigenvalue weighted by Gasteiger charge is -2.19. The Kier molecular flexibility index (Phi) is 7.09. The lowest BCUT2D eigenvalue weighted by molar-refractivity contribution is 0.0944. The first-order chi connectivity index (χ1) is 18.4. The molecule has 0 fully saturated rings. The minimum absolute atomic E-state index is 0.0882. The molecule has 0 spiro atoms. The molecule has 5 rings (SSSR count). The fourth-order valence-electron chi connectivity index (χ4n) is 4.10. The molecular formula is C31H31N5O2. The van der Waals surface area contributed by atoms with E-state index in [1.165, 1.54) is 5.56 Å². The quantitative estimate of drug-likeness (QED) is 0.281. The number of hydrogen-bond donors (Lipinski definition) is 1. The summed E-state index contributed by atoms with van der Waals surface area (Å²) in [5, 5.41) is 12.2. The van der Waals surface area contributed by atoms with Crippen LogP contribution in [0.4, 0.5) is 0 Å². The molecule has 0 saturated carbocycles. The van der Waals surface area contributed by atoms with Crippen LogP contribution < -0.4 is 10.1 Å². The average molecular weight is 506 g/mol. The number of para-hydroxylation sites is 1. The van der Waals surface area contributed by atoms with Gasteiger partial charge in [0.25, 0.3) is 5.91 Å². The van der Waals surface area contributed by atoms with Crippen molar-refractivity contribution >= 4 is 5.91 Å². The van der Waals surface area contributed by atoms with Gasteiger partial charge in [0.05, 0.1) is 11.4 Å². The van der Waals surface area contributed by atoms with E-state index in [9.17, 15) is 4.79 Å². The summed E-state index contributed by atoms with van der Waals surface area (Å²) in [5.74, 6) is 0.494. The van der Waals surface area contributed by atoms with Crippen LogP contribution in [0.15, 0.2) is 103 Å². The van der Waals surface area contributed by atoms with Gasteiger partial charge in [0.15, 0.2) is 6.73 Å². The van der Waals surface area contributed by atoms with Gasteiger partial charge in [-0.05, 0) is 41.3 Å². The highest BCUT2D eigenvalue weighted by atomic mass is 16.5. The number of nitrogens with one attached hydrogen (secondary N) is 1. The number of nitrogens with zero attached hydrogens (tertiary/aromatic N) is 4. The van der Waals surface area contributed by atoms with E-state index in [1.54, 1.807) is 16.9 Å². The molecule has 7 heteroatoms. The number of rotatable bonds is 8. The summed E-state index contributed by atoms with van der Waals surface area (Å²) in [6.07, 6.45) is 3.69. The number of benzene rings is 3. The second-order valence-electron chi connectivity index (χ2n) is 10.1. The highest BCUT2D eigenvalue weighted by Crippen LogP contribution is 2.25. The number of aromatic nitrogens is 4. The molecule has 0 radical (unpaired) electrons. The molecule has 0 bridgehead atoms. The molecule has 2 heterocycles. The highest BCUT2D eigenvalue weighted by Gasteiger charge is 2.16. The van der Waals surface area contributed by atoms with Crippen LogP contribution in [0.1, 0.15) is 42.4 Å². The van der Waals surface area contributed by atoms with E-state index in [1.807, 2.05) is 83.7 Å². The molecule has 192 valence electrons. The van der Waals surface area contributed by atoms with Crippen molar-refractivity contribution in [2.75, 3.05) is 0 Å². The van der Waals surface area contributed by atoms with Crippen molar-refractivity contribution in [1.82, 2.24) is 24.9 Å². The molecule has 1 N–H and O–H groups in total. The first kappa shape index (κ1) is 25.0. The second kappa shape index (κ2) is 10.8. The summed E-state index contributed by atoms with van der Waals surface area (Å²) in [7, 11) is 0. The normalized spacial score (nSPS) is 11.3. The maximum Gasteiger partial charge on any atom is 0.272 e. The first-order valence-electron chi connectivity index (χ1n) is 12.6. The summed E-state index contributed by atoms with van der Waals surface area (Å²) in [6, 6.07) is 29.6. The Labute approximate surface area is 222 Å². The Morgan fingerprint density at radius 2 is 1.55 bits per heavy atom. The Morgan fingerprint density at radius 3 is 2.24 bits per heavy atom. The Morgan fingerprint density at radius 1 is 0.868 bits per heavy atom. The van der Waals surface area contributed by atoms with Crippen LogP contribution in [-0.2, 0) is 18.7 Å². The lowest BCUT2D eigenvalue weighted by atomic mass is 9.87. The van der Waals surface area contributed by atoms with Gasteiger partial charge < -0.3 is 10.1 Å². The van der Waals surface area contributed by atoms with E-state index in [4.69, 9.17) is 9.84 Å². The predicted octanol–water partition coefficient (Wildman–Crippen LogP) is 6.00. The maximum absolute atomic E-state index is 12.9. The van der Waals surface area contributed by atoms with E-state index in [2.05, 4.69) is 43.3 Å². The van der Waals surface area contributed by atoms with Gasteiger partial charge in [-0.1, -0.05) is 81.4 Å². The molecular weight excluding hydrogens is 474 g/mol. The monoisotopic (exact) mass is 505 g/mol. The zero-order chi connectivity index (χ0) is 26.5. The van der Waals surface area contributed by atoms with Gasteiger partial charge in [-0.3, -0.25) is 4.79 Å². The van der Waals surface area contributed by atoms with Crippen LogP contribution in [-0.4, -0.2) is 25.5 Å². The van der Waals surface area contributed by atoms with Crippen molar-refractivity contribution in [3.63, 3.8) is 0 Å². The van der Waals surface area contributed by atoms with Gasteiger partial charge in [-0.15, -0.1) is 0 Å². The Balaban J connectivity index is 1.24. The number of carbonyl (C=O) groups excluding carboxylic acids is 1. The van der Waals surface area contributed by atoms with Gasteiger partial charge >= 0.3 is 0 Å². The summed E-state index contributed by atoms with van der Waals surface area (Å²) < 4.78 is 9.29. The number of amides is 1. The minimum atomic E-state index is -0.259. The van der Waals surface area contributed by atoms with Gasteiger partial charge in [0.1, 0.15) is 11.4 Å². The van der Waals surface area contributed by atoms with Crippen LogP contribution in [0.5, 0.6) is 5.75 Å². The molecule has 38 heavy (non-hydrogen) atoms. The topological polar surface area (TPSA) is 74.0 Å². The number of hydrogen-bond acceptors (Lipinski definition) is 4. The molecule has 3 aromatic carbocycles. The zero-order valence-corrected chi connectivity index (χ0v) is 21.8. The molecule has 5 aromatic rings. The highest BCUT2D eigenvalue weighted by molar-refractivity contribution is 5.92. The van der Waals surface area contributed by atoms with E-state index < -0.39 is 0 Å². The van der Waals surface area contributed by atoms with Crippen molar-refractivity contribution < 1.29 is 9.53 Å². The molecule has 1 amide bonds. The molecule has 0 aliphatic carbocycles. The largest absolute Gasteiger partial charge is 0.471 e. The molecule has 0 saturated heterocycles. The number of ether oxygens (including phenoxy) is 1. The number of carbonyl (C=O) groups is 1. The third-order valence-electron chi connectivity index (χ3n) is 6.25. The Hall–Kier alpha value is -4.65. The predicted molar refractivity (Wildman–Crippen MR) is 148 cm³/mol. The summed E-state index contributed by atoms with van der Waals surface area (Å²) in [5.41, 5.74) is 5.34. The third-order valence-corrected chi connectivity index (χ3v) is 6.25. The SMILES string of the molecule is CC(C)(C)c1ccc(OCn2ccc(C(=O)NCc3cn(-c4ccccc4)nc3-c3ccccc3)n2)cc1. The van der Waals surface area contributed by atoms with E-state index >= 15 is 0 Å². The van der Waals surface area contributed by atoms with Crippen LogP contribution in [0.2, 0.25) is 0 Å². The second-order valence-corrected chi connectivity index (χ2v) is 10.1. The van der Waals surface area contributed by atoms with Gasteiger partial charge in [0.2, 0.25) is 0 Å². The molecule has 2 aromatic heterocycles. The van der Waals surface area contributed by atoms with Crippen molar-refractivity contribution in [2.45, 2.75) is 39.5 Å². The van der Waals surface area contributed by atoms with E-state index in [0.717, 1.165) is 28.3 Å². The average Bonchev–Trinajstić information content (AvgIpc) is 3.59. The first-order valence-corrected chi connectivity index (χ1v) is 12.6. The fourth-order valence-corrected chi connectivity index (χ4v) is 4.10. The standard InChI is InChI=1S/C31H31N5O2/c1-31(2,3)25-14-16-27(17-15-25)38-22-35-19-18-28(33-35)30(37)32-20-24-21-36(26-12-8-5-9-13-26)34-29(24)23-10-6-4-7-11-23/h4-19,21H,20,22H2,1-3H3,(H,32,37). The van der Waals surface area contributed by atoms with E-state index in [0.29, 0.717) is 12.2 Å². The molecule has 7 nitrogen and oxygen atoms in total. The van der Waals surface area contributed by atoms with Gasteiger partial charge in [-0.25, -0.2) is 9.36 Å². The van der Waals surface area contributed by atoms with Crippen LogP contribution in [0.3, 0.4) is 0 Å². The Bertz CT molecular complexity index is 1500. The summed E-state index contributed by atoms with van der Waals surface area (Å²) >= 11 is 0. The molecule has 0 unspecified atom stereocenters. The van der Waals surface area contributed by atoms with Crippen molar-refractivity contribution in [3.8, 4) is 22.7 Å². The van der Waals surface area contributed by atoms with Gasteiger partial charge in [0, 0.05) is 30.1 Å². The lowest BCUT2D eigenvalue weighted by Crippen LogP contribution is -2.23. The fraction of sp³-hybridized carbons (Fsp3) is 0.194. The maximum atomic E-state index is 12.9. The van der Waals surface area contributed by atoms with Crippen molar-refractivity contribution in [1.29, 1.82) is 0 Å². The zero-order valence-electron chi connectivity index (χ0n) is 21.8. The minimum Gasteiger partial charge on any atom is -0.471 e. The van der Waals surface area contributed by atoms with Crippen molar-refractivity contribution in [2.24, 2.45) is 0 Å². The van der Waals surface area contributed by atoms with Gasteiger partial charge in [-0.2, -0.15) is 10.2 Å². The smallest absolute Gasteiger partial charge is 0.272 e. The van der Waals surface area contributed by atoms with E-state index in [-0.39, 0.29) is 18.1 Å².